The number of benzene rings is 2. The number of nitrogens with zero attached hydrogens (tertiary/aromatic N) is 2. The summed E-state index contributed by atoms with van der Waals surface area (Å²) in [6, 6.07) is 16.9. The molecule has 1 aromatic heterocycles. The first-order valence-corrected chi connectivity index (χ1v) is 5.79. The van der Waals surface area contributed by atoms with Gasteiger partial charge in [-0.2, -0.15) is 4.57 Å². The monoisotopic (exact) mass is 223 g/mol. The summed E-state index contributed by atoms with van der Waals surface area (Å²) in [6.07, 6.45) is 2.13. The lowest BCUT2D eigenvalue weighted by Gasteiger charge is -2.00. The molecule has 17 heavy (non-hydrogen) atoms. The Hall–Kier alpha value is -2.09. The zero-order valence-electron chi connectivity index (χ0n) is 10.1. The minimum atomic E-state index is 1.24. The molecule has 84 valence electrons. The summed E-state index contributed by atoms with van der Waals surface area (Å²) in [5.41, 5.74) is 5.01. The second-order valence-electron chi connectivity index (χ2n) is 4.37. The van der Waals surface area contributed by atoms with Crippen LogP contribution in [-0.2, 0) is 7.05 Å². The molecule has 2 aromatic carbocycles. The van der Waals surface area contributed by atoms with Crippen LogP contribution >= 0.6 is 0 Å². The highest BCUT2D eigenvalue weighted by molar-refractivity contribution is 5.74. The zero-order valence-corrected chi connectivity index (χ0v) is 10.1. The largest absolute Gasteiger partial charge is 0.249 e. The van der Waals surface area contributed by atoms with Crippen LogP contribution in [0.15, 0.2) is 54.9 Å². The minimum Gasteiger partial charge on any atom is -0.232 e. The Kier molecular flexibility index (Phi) is 2.22. The Morgan fingerprint density at radius 3 is 2.47 bits per heavy atom. The molecule has 0 bridgehead atoms. The van der Waals surface area contributed by atoms with Gasteiger partial charge in [0.25, 0.3) is 0 Å². The lowest BCUT2D eigenvalue weighted by molar-refractivity contribution is -0.645. The summed E-state index contributed by atoms with van der Waals surface area (Å²) >= 11 is 0. The average molecular weight is 223 g/mol. The lowest BCUT2D eigenvalue weighted by Crippen LogP contribution is -2.25. The molecule has 0 saturated heterocycles. The highest BCUT2D eigenvalue weighted by atomic mass is 15.1. The van der Waals surface area contributed by atoms with E-state index >= 15 is 0 Å². The first-order chi connectivity index (χ1) is 8.27. The minimum absolute atomic E-state index is 1.24. The molecule has 0 saturated carbocycles. The van der Waals surface area contributed by atoms with E-state index in [1.165, 1.54) is 22.3 Å². The fourth-order valence-corrected chi connectivity index (χ4v) is 2.29. The van der Waals surface area contributed by atoms with Crippen LogP contribution in [0.1, 0.15) is 5.56 Å². The molecule has 3 rings (SSSR count). The van der Waals surface area contributed by atoms with Crippen molar-refractivity contribution >= 4 is 11.0 Å². The van der Waals surface area contributed by atoms with Gasteiger partial charge in [0, 0.05) is 0 Å². The van der Waals surface area contributed by atoms with E-state index in [-0.39, 0.29) is 0 Å². The third-order valence-electron chi connectivity index (χ3n) is 3.18. The molecular formula is C15H15N2+. The summed E-state index contributed by atoms with van der Waals surface area (Å²) in [7, 11) is 2.08. The van der Waals surface area contributed by atoms with Crippen molar-refractivity contribution in [3.63, 3.8) is 0 Å². The van der Waals surface area contributed by atoms with E-state index in [0.717, 1.165) is 0 Å². The first-order valence-electron chi connectivity index (χ1n) is 5.79. The summed E-state index contributed by atoms with van der Waals surface area (Å²) < 4.78 is 4.40. The van der Waals surface area contributed by atoms with Gasteiger partial charge in [0.2, 0.25) is 6.33 Å². The van der Waals surface area contributed by atoms with Crippen molar-refractivity contribution in [2.24, 2.45) is 7.05 Å². The summed E-state index contributed by atoms with van der Waals surface area (Å²) in [5.74, 6) is 0. The van der Waals surface area contributed by atoms with Gasteiger partial charge in [-0.3, -0.25) is 0 Å². The van der Waals surface area contributed by atoms with Crippen molar-refractivity contribution in [3.05, 3.63) is 60.4 Å². The molecule has 0 aliphatic carbocycles. The number of hydrogen-bond donors (Lipinski definition) is 0. The summed E-state index contributed by atoms with van der Waals surface area (Å²) in [6.45, 7) is 2.14. The Bertz CT molecular complexity index is 680. The van der Waals surface area contributed by atoms with Gasteiger partial charge in [-0.05, 0) is 30.7 Å². The fraction of sp³-hybridized carbons (Fsp3) is 0.133. The number of hydrogen-bond acceptors (Lipinski definition) is 0. The van der Waals surface area contributed by atoms with Gasteiger partial charge in [-0.25, -0.2) is 4.57 Å². The van der Waals surface area contributed by atoms with Gasteiger partial charge >= 0.3 is 0 Å². The van der Waals surface area contributed by atoms with E-state index in [2.05, 4.69) is 78.0 Å². The van der Waals surface area contributed by atoms with Crippen molar-refractivity contribution in [2.75, 3.05) is 0 Å². The first kappa shape index (κ1) is 10.1. The molecule has 0 spiro atoms. The maximum Gasteiger partial charge on any atom is 0.249 e. The Morgan fingerprint density at radius 1 is 0.941 bits per heavy atom. The number of aromatic nitrogens is 2. The number of aryl methyl sites for hydroxylation is 2. The Morgan fingerprint density at radius 2 is 1.65 bits per heavy atom. The molecule has 0 aliphatic heterocycles. The molecule has 3 aromatic rings. The smallest absolute Gasteiger partial charge is 0.232 e. The normalized spacial score (nSPS) is 10.9. The quantitative estimate of drug-likeness (QED) is 0.561. The highest BCUT2D eigenvalue weighted by Gasteiger charge is 2.15. The molecule has 2 nitrogen and oxygen atoms in total. The van der Waals surface area contributed by atoms with Crippen molar-refractivity contribution < 1.29 is 4.57 Å². The van der Waals surface area contributed by atoms with Crippen LogP contribution in [0.2, 0.25) is 0 Å². The Labute approximate surface area is 101 Å². The lowest BCUT2D eigenvalue weighted by atomic mass is 10.2. The molecule has 1 heterocycles. The van der Waals surface area contributed by atoms with E-state index in [1.807, 2.05) is 0 Å². The van der Waals surface area contributed by atoms with Gasteiger partial charge in [0.05, 0.1) is 7.05 Å². The maximum atomic E-state index is 2.24. The van der Waals surface area contributed by atoms with Gasteiger partial charge in [-0.15, -0.1) is 0 Å². The predicted octanol–water partition coefficient (Wildman–Crippen LogP) is 2.76. The fourth-order valence-electron chi connectivity index (χ4n) is 2.29. The topological polar surface area (TPSA) is 8.81 Å². The van der Waals surface area contributed by atoms with Crippen LogP contribution in [0.4, 0.5) is 0 Å². The van der Waals surface area contributed by atoms with Gasteiger partial charge in [-0.1, -0.05) is 30.3 Å². The van der Waals surface area contributed by atoms with Crippen LogP contribution in [0.3, 0.4) is 0 Å². The molecule has 0 N–H and O–H groups in total. The molecule has 0 unspecified atom stereocenters. The molecule has 0 amide bonds. The summed E-state index contributed by atoms with van der Waals surface area (Å²) in [5, 5.41) is 0. The zero-order chi connectivity index (χ0) is 11.8. The van der Waals surface area contributed by atoms with E-state index in [1.54, 1.807) is 0 Å². The van der Waals surface area contributed by atoms with Crippen LogP contribution in [0.25, 0.3) is 16.7 Å². The molecule has 0 aliphatic rings. The van der Waals surface area contributed by atoms with Crippen LogP contribution in [0, 0.1) is 6.92 Å². The third kappa shape index (κ3) is 1.53. The molecular weight excluding hydrogens is 208 g/mol. The van der Waals surface area contributed by atoms with Crippen LogP contribution in [0.5, 0.6) is 0 Å². The standard InChI is InChI=1S/C15H15N2/c1-12-7-3-4-8-13(12)17-11-16(2)14-9-5-6-10-15(14)17/h3-11H,1-2H3/q+1. The van der Waals surface area contributed by atoms with Crippen LogP contribution < -0.4 is 4.57 Å². The molecule has 0 atom stereocenters. The second-order valence-corrected chi connectivity index (χ2v) is 4.37. The predicted molar refractivity (Wildman–Crippen MR) is 69.2 cm³/mol. The third-order valence-corrected chi connectivity index (χ3v) is 3.18. The second kappa shape index (κ2) is 3.74. The number of fused-ring (bicyclic) bond motifs is 1. The maximum absolute atomic E-state index is 2.24. The SMILES string of the molecule is Cc1ccccc1-n1c[n+](C)c2ccccc21. The molecule has 2 heteroatoms. The van der Waals surface area contributed by atoms with E-state index < -0.39 is 0 Å². The van der Waals surface area contributed by atoms with Crippen LogP contribution in [-0.4, -0.2) is 4.57 Å². The number of imidazole rings is 1. The molecule has 0 radical (unpaired) electrons. The number of para-hydroxylation sites is 3. The van der Waals surface area contributed by atoms with E-state index in [0.29, 0.717) is 0 Å². The van der Waals surface area contributed by atoms with Gasteiger partial charge < -0.3 is 0 Å². The van der Waals surface area contributed by atoms with E-state index in [4.69, 9.17) is 0 Å². The van der Waals surface area contributed by atoms with Crippen molar-refractivity contribution in [2.45, 2.75) is 6.92 Å². The van der Waals surface area contributed by atoms with Crippen molar-refractivity contribution in [1.29, 1.82) is 0 Å². The van der Waals surface area contributed by atoms with Crippen molar-refractivity contribution in [3.8, 4) is 5.69 Å². The Balaban J connectivity index is 2.35. The highest BCUT2D eigenvalue weighted by Crippen LogP contribution is 2.19. The van der Waals surface area contributed by atoms with Gasteiger partial charge in [0.15, 0.2) is 11.0 Å². The van der Waals surface area contributed by atoms with Crippen molar-refractivity contribution in [1.82, 2.24) is 4.57 Å². The average Bonchev–Trinajstić information content (AvgIpc) is 2.68. The number of rotatable bonds is 1. The molecule has 0 fully saturated rings. The van der Waals surface area contributed by atoms with E-state index in [9.17, 15) is 0 Å². The summed E-state index contributed by atoms with van der Waals surface area (Å²) in [4.78, 5) is 0. The van der Waals surface area contributed by atoms with Gasteiger partial charge in [0.1, 0.15) is 5.69 Å².